The summed E-state index contributed by atoms with van der Waals surface area (Å²) in [6.45, 7) is 5.03. The van der Waals surface area contributed by atoms with Gasteiger partial charge in [0.05, 0.1) is 0 Å². The number of rotatable bonds is 2. The molecule has 1 N–H and O–H groups in total. The number of amides is 3. The zero-order valence-corrected chi connectivity index (χ0v) is 15.1. The number of carbonyl (C=O) groups is 2. The summed E-state index contributed by atoms with van der Waals surface area (Å²) in [6, 6.07) is 10.2. The summed E-state index contributed by atoms with van der Waals surface area (Å²) in [7, 11) is 0. The van der Waals surface area contributed by atoms with Gasteiger partial charge in [-0.2, -0.15) is 0 Å². The van der Waals surface area contributed by atoms with Crippen molar-refractivity contribution in [2.24, 2.45) is 5.92 Å². The molecular weight excluding hydrogens is 350 g/mol. The molecule has 2 aromatic rings. The van der Waals surface area contributed by atoms with Crippen LogP contribution >= 0.6 is 0 Å². The van der Waals surface area contributed by atoms with Crippen LogP contribution in [-0.4, -0.2) is 17.5 Å². The molecule has 0 saturated carbocycles. The van der Waals surface area contributed by atoms with E-state index in [9.17, 15) is 18.4 Å². The molecule has 0 radical (unpaired) electrons. The number of benzene rings is 2. The predicted molar refractivity (Wildman–Crippen MR) is 98.0 cm³/mol. The van der Waals surface area contributed by atoms with Gasteiger partial charge >= 0.3 is 6.03 Å². The average Bonchev–Trinajstić information content (AvgIpc) is 2.85. The van der Waals surface area contributed by atoms with Gasteiger partial charge in [-0.1, -0.05) is 43.9 Å². The Morgan fingerprint density at radius 1 is 1.00 bits per heavy atom. The number of imide groups is 1. The second kappa shape index (κ2) is 6.84. The Hall–Kier alpha value is -3.20. The highest BCUT2D eigenvalue weighted by molar-refractivity contribution is 6.23. The monoisotopic (exact) mass is 368 g/mol. The maximum atomic E-state index is 14.6. The summed E-state index contributed by atoms with van der Waals surface area (Å²) in [5, 5.41) is 2.52. The first-order chi connectivity index (χ1) is 12.7. The summed E-state index contributed by atoms with van der Waals surface area (Å²) >= 11 is 0. The molecule has 0 bridgehead atoms. The summed E-state index contributed by atoms with van der Waals surface area (Å²) < 4.78 is 29.2. The first-order valence-corrected chi connectivity index (χ1v) is 8.47. The van der Waals surface area contributed by atoms with Crippen LogP contribution in [-0.2, 0) is 4.79 Å². The highest BCUT2D eigenvalue weighted by Crippen LogP contribution is 2.33. The Bertz CT molecular complexity index is 954. The molecule has 1 atom stereocenters. The average molecular weight is 368 g/mol. The van der Waals surface area contributed by atoms with Crippen molar-refractivity contribution in [2.45, 2.75) is 26.3 Å². The number of hydrogen-bond acceptors (Lipinski definition) is 2. The molecule has 1 aliphatic rings. The maximum Gasteiger partial charge on any atom is 0.329 e. The SMILES string of the molecule is CC(C)C1(C)NC(=O)N(c2c(F)cc(C#Cc3ccccc3)cc2F)C1=O. The van der Waals surface area contributed by atoms with Crippen molar-refractivity contribution in [2.75, 3.05) is 4.90 Å². The van der Waals surface area contributed by atoms with Crippen molar-refractivity contribution in [3.8, 4) is 11.8 Å². The Morgan fingerprint density at radius 2 is 1.56 bits per heavy atom. The molecule has 0 spiro atoms. The van der Waals surface area contributed by atoms with Gasteiger partial charge in [-0.3, -0.25) is 4.79 Å². The molecule has 27 heavy (non-hydrogen) atoms. The van der Waals surface area contributed by atoms with E-state index in [1.54, 1.807) is 38.1 Å². The molecule has 138 valence electrons. The van der Waals surface area contributed by atoms with Crippen LogP contribution in [0.4, 0.5) is 19.3 Å². The second-order valence-electron chi connectivity index (χ2n) is 6.83. The maximum absolute atomic E-state index is 14.6. The standard InChI is InChI=1S/C21H18F2N2O2/c1-13(2)21(3)19(26)25(20(27)24-21)18-16(22)11-15(12-17(18)23)10-9-14-7-5-4-6-8-14/h4-8,11-13H,1-3H3,(H,24,27). The Morgan fingerprint density at radius 3 is 2.07 bits per heavy atom. The van der Waals surface area contributed by atoms with Crippen LogP contribution in [0.15, 0.2) is 42.5 Å². The molecule has 0 aromatic heterocycles. The third-order valence-electron chi connectivity index (χ3n) is 4.74. The molecule has 1 unspecified atom stereocenters. The van der Waals surface area contributed by atoms with Crippen molar-refractivity contribution in [3.63, 3.8) is 0 Å². The van der Waals surface area contributed by atoms with Gasteiger partial charge in [0.25, 0.3) is 5.91 Å². The lowest BCUT2D eigenvalue weighted by Gasteiger charge is -2.25. The topological polar surface area (TPSA) is 49.4 Å². The fourth-order valence-electron chi connectivity index (χ4n) is 2.77. The first kappa shape index (κ1) is 18.6. The summed E-state index contributed by atoms with van der Waals surface area (Å²) in [5.74, 6) is 2.50. The lowest BCUT2D eigenvalue weighted by molar-refractivity contribution is -0.122. The third kappa shape index (κ3) is 3.28. The number of anilines is 1. The smallest absolute Gasteiger partial charge is 0.323 e. The lowest BCUT2D eigenvalue weighted by Crippen LogP contribution is -2.48. The molecule has 1 aliphatic heterocycles. The highest BCUT2D eigenvalue weighted by Gasteiger charge is 2.51. The van der Waals surface area contributed by atoms with Crippen LogP contribution in [0.5, 0.6) is 0 Å². The number of nitrogens with zero attached hydrogens (tertiary/aromatic N) is 1. The Kier molecular flexibility index (Phi) is 4.71. The largest absolute Gasteiger partial charge is 0.329 e. The lowest BCUT2D eigenvalue weighted by atomic mass is 9.88. The van der Waals surface area contributed by atoms with Gasteiger partial charge in [-0.15, -0.1) is 0 Å². The molecule has 1 heterocycles. The van der Waals surface area contributed by atoms with Crippen LogP contribution in [0.2, 0.25) is 0 Å². The van der Waals surface area contributed by atoms with E-state index < -0.39 is 34.8 Å². The second-order valence-corrected chi connectivity index (χ2v) is 6.83. The highest BCUT2D eigenvalue weighted by atomic mass is 19.1. The predicted octanol–water partition coefficient (Wildman–Crippen LogP) is 3.84. The fraction of sp³-hybridized carbons (Fsp3) is 0.238. The number of hydrogen-bond donors (Lipinski definition) is 1. The third-order valence-corrected chi connectivity index (χ3v) is 4.74. The van der Waals surface area contributed by atoms with E-state index in [-0.39, 0.29) is 11.5 Å². The van der Waals surface area contributed by atoms with Crippen LogP contribution < -0.4 is 10.2 Å². The van der Waals surface area contributed by atoms with Crippen LogP contribution in [0.25, 0.3) is 0 Å². The summed E-state index contributed by atoms with van der Waals surface area (Å²) in [5.41, 5.74) is -1.10. The molecule has 3 amide bonds. The molecule has 1 fully saturated rings. The normalized spacial score (nSPS) is 19.1. The molecule has 3 rings (SSSR count). The number of halogens is 2. The van der Waals surface area contributed by atoms with Crippen LogP contribution in [0.1, 0.15) is 31.9 Å². The number of urea groups is 1. The first-order valence-electron chi connectivity index (χ1n) is 8.47. The van der Waals surface area contributed by atoms with E-state index in [1.165, 1.54) is 6.92 Å². The van der Waals surface area contributed by atoms with E-state index in [0.717, 1.165) is 12.1 Å². The Labute approximate surface area is 156 Å². The van der Waals surface area contributed by atoms with Gasteiger partial charge in [0.2, 0.25) is 0 Å². The summed E-state index contributed by atoms with van der Waals surface area (Å²) in [6.07, 6.45) is 0. The molecule has 4 nitrogen and oxygen atoms in total. The molecular formula is C21H18F2N2O2. The van der Waals surface area contributed by atoms with Crippen molar-refractivity contribution in [3.05, 3.63) is 65.2 Å². The van der Waals surface area contributed by atoms with E-state index in [2.05, 4.69) is 17.2 Å². The molecule has 6 heteroatoms. The van der Waals surface area contributed by atoms with Gasteiger partial charge < -0.3 is 5.32 Å². The van der Waals surface area contributed by atoms with E-state index in [1.807, 2.05) is 6.07 Å². The minimum absolute atomic E-state index is 0.108. The van der Waals surface area contributed by atoms with Gasteiger partial charge in [0, 0.05) is 11.1 Å². The fourth-order valence-corrected chi connectivity index (χ4v) is 2.77. The minimum Gasteiger partial charge on any atom is -0.323 e. The zero-order valence-electron chi connectivity index (χ0n) is 15.1. The van der Waals surface area contributed by atoms with Crippen molar-refractivity contribution in [1.82, 2.24) is 5.32 Å². The van der Waals surface area contributed by atoms with E-state index >= 15 is 0 Å². The van der Waals surface area contributed by atoms with E-state index in [0.29, 0.717) is 10.5 Å². The number of carbonyl (C=O) groups excluding carboxylic acids is 2. The minimum atomic E-state index is -1.22. The van der Waals surface area contributed by atoms with Crippen LogP contribution in [0, 0.1) is 29.4 Å². The quantitative estimate of drug-likeness (QED) is 0.647. The van der Waals surface area contributed by atoms with Gasteiger partial charge in [0.1, 0.15) is 11.2 Å². The van der Waals surface area contributed by atoms with Crippen molar-refractivity contribution >= 4 is 17.6 Å². The number of nitrogens with one attached hydrogen (secondary N) is 1. The zero-order chi connectivity index (χ0) is 19.8. The molecule has 1 saturated heterocycles. The van der Waals surface area contributed by atoms with Crippen molar-refractivity contribution in [1.29, 1.82) is 0 Å². The summed E-state index contributed by atoms with van der Waals surface area (Å²) in [4.78, 5) is 25.4. The van der Waals surface area contributed by atoms with Crippen molar-refractivity contribution < 1.29 is 18.4 Å². The van der Waals surface area contributed by atoms with E-state index in [4.69, 9.17) is 0 Å². The molecule has 2 aromatic carbocycles. The van der Waals surface area contributed by atoms with Crippen LogP contribution in [0.3, 0.4) is 0 Å². The van der Waals surface area contributed by atoms with Gasteiger partial charge in [-0.25, -0.2) is 18.5 Å². The molecule has 0 aliphatic carbocycles. The van der Waals surface area contributed by atoms with Gasteiger partial charge in [0.15, 0.2) is 11.6 Å². The Balaban J connectivity index is 1.98. The van der Waals surface area contributed by atoms with Gasteiger partial charge in [-0.05, 0) is 37.1 Å².